The lowest BCUT2D eigenvalue weighted by Crippen LogP contribution is -2.67. The van der Waals surface area contributed by atoms with Gasteiger partial charge < -0.3 is 21.2 Å². The summed E-state index contributed by atoms with van der Waals surface area (Å²) in [5, 5.41) is 0. The Labute approximate surface area is 219 Å². The second-order valence-electron chi connectivity index (χ2n) is 9.76. The van der Waals surface area contributed by atoms with Crippen LogP contribution in [-0.2, 0) is 26.0 Å². The number of rotatable bonds is 11. The Kier molecular flexibility index (Phi) is 11.9. The van der Waals surface area contributed by atoms with Gasteiger partial charge in [0.2, 0.25) is 0 Å². The monoisotopic (exact) mass is 640 g/mol. The van der Waals surface area contributed by atoms with Gasteiger partial charge in [-0.2, -0.15) is 39.5 Å². The maximum atomic E-state index is 13.1. The molecule has 38 heavy (non-hydrogen) atoms. The van der Waals surface area contributed by atoms with Crippen LogP contribution in [-0.4, -0.2) is 65.3 Å². The van der Waals surface area contributed by atoms with Gasteiger partial charge in [-0.1, -0.05) is 6.58 Å². The van der Waals surface area contributed by atoms with E-state index >= 15 is 0 Å². The summed E-state index contributed by atoms with van der Waals surface area (Å²) in [4.78, 5) is 11.3. The molecule has 1 aliphatic rings. The number of hydrogen-bond donors (Lipinski definition) is 0. The third kappa shape index (κ3) is 14.1. The summed E-state index contributed by atoms with van der Waals surface area (Å²) in [6, 6.07) is -2.10. The van der Waals surface area contributed by atoms with E-state index in [1.165, 1.54) is 26.2 Å². The van der Waals surface area contributed by atoms with E-state index in [1.807, 2.05) is 0 Å². The van der Waals surface area contributed by atoms with Crippen LogP contribution in [0.5, 0.6) is 0 Å². The van der Waals surface area contributed by atoms with Gasteiger partial charge in [0.05, 0.1) is 6.61 Å². The number of halogens is 9. The first kappa shape index (κ1) is 35.3. The minimum absolute atomic E-state index is 0.00577. The van der Waals surface area contributed by atoms with Gasteiger partial charge in [0, 0.05) is 25.3 Å². The second kappa shape index (κ2) is 12.9. The normalized spacial score (nSPS) is 31.4. The zero-order valence-corrected chi connectivity index (χ0v) is 25.5. The molecule has 19 heteroatoms. The van der Waals surface area contributed by atoms with Crippen molar-refractivity contribution in [2.24, 2.45) is 0 Å². The fourth-order valence-electron chi connectivity index (χ4n) is 4.05. The molecule has 1 aliphatic heterocycles. The molecule has 0 radical (unpaired) electrons. The molecule has 224 valence electrons. The molecule has 0 bridgehead atoms. The molecule has 1 heterocycles. The Bertz CT molecular complexity index is 775. The molecular weight excluding hydrogens is 608 g/mol. The number of esters is 1. The van der Waals surface area contributed by atoms with Crippen LogP contribution in [0.2, 0.25) is 50.4 Å². The van der Waals surface area contributed by atoms with Crippen molar-refractivity contribution in [1.82, 2.24) is 0 Å². The van der Waals surface area contributed by atoms with Crippen LogP contribution in [0, 0.1) is 0 Å². The first-order valence-electron chi connectivity index (χ1n) is 11.7. The van der Waals surface area contributed by atoms with Crippen molar-refractivity contribution in [2.75, 3.05) is 6.61 Å². The van der Waals surface area contributed by atoms with Crippen molar-refractivity contribution < 1.29 is 65.5 Å². The van der Waals surface area contributed by atoms with Gasteiger partial charge in [-0.05, 0) is 56.8 Å². The van der Waals surface area contributed by atoms with Crippen LogP contribution >= 0.6 is 0 Å². The first-order chi connectivity index (χ1) is 16.9. The largest absolute Gasteiger partial charge is 0.463 e. The van der Waals surface area contributed by atoms with Crippen LogP contribution in [0.3, 0.4) is 0 Å². The van der Waals surface area contributed by atoms with Crippen LogP contribution in [0.1, 0.15) is 25.7 Å². The standard InChI is InChI=1S/C19H33F9O6Si4/c1-6-16(29)30-11-7-12-35(2)31-36(3,13-8-17(20,21)22)33-38(5,15-10-19(26,27)28)34-37(4,32-35)14-9-18(23,24)25/h6H,1,7-15H2,2-5H3. The molecule has 2 atom stereocenters. The van der Waals surface area contributed by atoms with E-state index in [1.54, 1.807) is 0 Å². The molecule has 0 spiro atoms. The molecule has 1 saturated heterocycles. The lowest BCUT2D eigenvalue weighted by Gasteiger charge is -2.50. The van der Waals surface area contributed by atoms with Crippen LogP contribution in [0.4, 0.5) is 39.5 Å². The number of alkyl halides is 9. The molecule has 0 amide bonds. The topological polar surface area (TPSA) is 63.2 Å². The van der Waals surface area contributed by atoms with Crippen molar-refractivity contribution in [1.29, 1.82) is 0 Å². The highest BCUT2D eigenvalue weighted by molar-refractivity contribution is 6.93. The zero-order chi connectivity index (χ0) is 29.7. The highest BCUT2D eigenvalue weighted by Crippen LogP contribution is 2.42. The Morgan fingerprint density at radius 3 is 1.21 bits per heavy atom. The second-order valence-corrected chi connectivity index (χ2v) is 24.1. The van der Waals surface area contributed by atoms with Gasteiger partial charge in [-0.15, -0.1) is 0 Å². The van der Waals surface area contributed by atoms with Crippen molar-refractivity contribution in [2.45, 2.75) is 94.6 Å². The van der Waals surface area contributed by atoms with Crippen molar-refractivity contribution >= 4 is 40.2 Å². The summed E-state index contributed by atoms with van der Waals surface area (Å²) in [5.74, 6) is -0.733. The molecule has 1 rings (SSSR count). The quantitative estimate of drug-likeness (QED) is 0.0775. The minimum atomic E-state index is -4.66. The third-order valence-electron chi connectivity index (χ3n) is 5.50. The summed E-state index contributed by atoms with van der Waals surface area (Å²) >= 11 is 0. The molecule has 1 fully saturated rings. The summed E-state index contributed by atoms with van der Waals surface area (Å²) in [6.45, 7) is 8.27. The van der Waals surface area contributed by atoms with Crippen molar-refractivity contribution in [3.8, 4) is 0 Å². The van der Waals surface area contributed by atoms with Crippen LogP contribution < -0.4 is 0 Å². The van der Waals surface area contributed by atoms with E-state index in [9.17, 15) is 44.3 Å². The summed E-state index contributed by atoms with van der Waals surface area (Å²) in [6.07, 6.45) is -17.0. The van der Waals surface area contributed by atoms with E-state index < -0.39 is 96.1 Å². The van der Waals surface area contributed by atoms with Crippen LogP contribution in [0.25, 0.3) is 0 Å². The number of carbonyl (C=O) groups excluding carboxylic acids is 1. The molecule has 0 aromatic heterocycles. The smallest absolute Gasteiger partial charge is 0.389 e. The molecule has 0 saturated carbocycles. The third-order valence-corrected chi connectivity index (χ3v) is 24.1. The first-order valence-corrected chi connectivity index (χ1v) is 21.8. The predicted octanol–water partition coefficient (Wildman–Crippen LogP) is 7.33. The van der Waals surface area contributed by atoms with Gasteiger partial charge in [0.25, 0.3) is 0 Å². The molecule has 2 unspecified atom stereocenters. The number of ether oxygens (including phenoxy) is 1. The Morgan fingerprint density at radius 2 is 0.947 bits per heavy atom. The molecule has 0 aromatic carbocycles. The molecule has 0 aromatic rings. The summed E-state index contributed by atoms with van der Waals surface area (Å²) in [5.41, 5.74) is 0. The highest BCUT2D eigenvalue weighted by Gasteiger charge is 2.58. The average molecular weight is 641 g/mol. The van der Waals surface area contributed by atoms with Crippen molar-refractivity contribution in [3.63, 3.8) is 0 Å². The van der Waals surface area contributed by atoms with E-state index in [0.29, 0.717) is 0 Å². The van der Waals surface area contributed by atoms with Gasteiger partial charge in [0.1, 0.15) is 0 Å². The fourth-order valence-corrected chi connectivity index (χ4v) is 27.1. The van der Waals surface area contributed by atoms with Gasteiger partial charge in [0.15, 0.2) is 0 Å². The van der Waals surface area contributed by atoms with Crippen LogP contribution in [0.15, 0.2) is 12.7 Å². The van der Waals surface area contributed by atoms with E-state index in [4.69, 9.17) is 21.2 Å². The van der Waals surface area contributed by atoms with Crippen molar-refractivity contribution in [3.05, 3.63) is 12.7 Å². The molecule has 0 aliphatic carbocycles. The number of hydrogen-bond acceptors (Lipinski definition) is 6. The maximum absolute atomic E-state index is 13.1. The zero-order valence-electron chi connectivity index (χ0n) is 21.5. The molecule has 6 nitrogen and oxygen atoms in total. The van der Waals surface area contributed by atoms with E-state index in [2.05, 4.69) is 6.58 Å². The number of carbonyl (C=O) groups is 1. The minimum Gasteiger partial charge on any atom is -0.463 e. The Hall–Kier alpha value is -0.712. The lowest BCUT2D eigenvalue weighted by molar-refractivity contribution is -0.138. The van der Waals surface area contributed by atoms with Gasteiger partial charge in [-0.3, -0.25) is 0 Å². The maximum Gasteiger partial charge on any atom is 0.389 e. The predicted molar refractivity (Wildman–Crippen MR) is 128 cm³/mol. The van der Waals surface area contributed by atoms with E-state index in [0.717, 1.165) is 6.08 Å². The Balaban J connectivity index is 3.40. The Morgan fingerprint density at radius 1 is 0.658 bits per heavy atom. The average Bonchev–Trinajstić information content (AvgIpc) is 2.70. The van der Waals surface area contributed by atoms with E-state index in [-0.39, 0.29) is 19.1 Å². The summed E-state index contributed by atoms with van der Waals surface area (Å²) in [7, 11) is -15.6. The van der Waals surface area contributed by atoms with Gasteiger partial charge >= 0.3 is 58.7 Å². The summed E-state index contributed by atoms with van der Waals surface area (Å²) < 4.78 is 147. The highest BCUT2D eigenvalue weighted by atomic mass is 28.5. The fraction of sp³-hybridized carbons (Fsp3) is 0.842. The van der Waals surface area contributed by atoms with Gasteiger partial charge in [-0.25, -0.2) is 4.79 Å². The molecular formula is C19H33F9O6Si4. The lowest BCUT2D eigenvalue weighted by atomic mass is 10.5. The SMILES string of the molecule is C=CC(=O)OCCC[Si]1(C)O[Si](C)(CCC(F)(F)F)O[Si](C)(CCC(F)(F)F)O[Si](C)(CCC(F)(F)F)O1. The molecule has 0 N–H and O–H groups in total.